The Morgan fingerprint density at radius 1 is 0.380 bits per heavy atom. The molecule has 1 aliphatic rings. The maximum Gasteiger partial charge on any atom is 0.0645 e. The second-order valence-corrected chi connectivity index (χ2v) is 13.2. The van der Waals surface area contributed by atoms with Gasteiger partial charge in [-0.15, -0.1) is 0 Å². The van der Waals surface area contributed by atoms with E-state index < -0.39 is 5.41 Å². The number of nitrogens with zero attached hydrogens (tertiary/aromatic N) is 1. The van der Waals surface area contributed by atoms with E-state index in [4.69, 9.17) is 0 Å². The lowest BCUT2D eigenvalue weighted by atomic mass is 9.81. The molecular weight excluding hydrogens is 603 g/mol. The fraction of sp³-hybridized carbons (Fsp3) is 0.0612. The average molecular weight is 648 g/mol. The van der Waals surface area contributed by atoms with Crippen molar-refractivity contribution >= 4 is 27.8 Å². The molecule has 50 heavy (non-hydrogen) atoms. The normalized spacial score (nSPS) is 15.0. The third-order valence-corrected chi connectivity index (χ3v) is 9.80. The van der Waals surface area contributed by atoms with Crippen molar-refractivity contribution in [2.45, 2.75) is 19.3 Å². The predicted octanol–water partition coefficient (Wildman–Crippen LogP) is 13.6. The number of rotatable bonds is 6. The van der Waals surface area contributed by atoms with Crippen LogP contribution in [-0.2, 0) is 5.41 Å². The van der Waals surface area contributed by atoms with Crippen LogP contribution in [0.5, 0.6) is 0 Å². The molecule has 0 radical (unpaired) electrons. The number of hydrogen-bond acceptors (Lipinski definition) is 1. The number of fused-ring (bicyclic) bond motifs is 4. The van der Waals surface area contributed by atoms with Crippen LogP contribution in [0.1, 0.15) is 35.9 Å². The van der Waals surface area contributed by atoms with Gasteiger partial charge in [0.15, 0.2) is 0 Å². The van der Waals surface area contributed by atoms with E-state index >= 15 is 0 Å². The van der Waals surface area contributed by atoms with Gasteiger partial charge in [0.05, 0.1) is 11.0 Å². The van der Waals surface area contributed by atoms with Crippen molar-refractivity contribution in [2.75, 3.05) is 4.90 Å². The quantitative estimate of drug-likeness (QED) is 0.174. The Balaban J connectivity index is 1.26. The highest BCUT2D eigenvalue weighted by atomic mass is 15.1. The molecule has 0 N–H and O–H groups in total. The first-order valence-corrected chi connectivity index (χ1v) is 16.8. The van der Waals surface area contributed by atoms with Crippen LogP contribution < -0.4 is 4.90 Å². The van der Waals surface area contributed by atoms with E-state index in [0.29, 0.717) is 16.8 Å². The Morgan fingerprint density at radius 3 is 1.46 bits per heavy atom. The van der Waals surface area contributed by atoms with E-state index in [1.54, 1.807) is 54.6 Å². The zero-order valence-electron chi connectivity index (χ0n) is 35.7. The first kappa shape index (κ1) is 22.5. The van der Waals surface area contributed by atoms with Gasteiger partial charge in [0, 0.05) is 22.5 Å². The second-order valence-electron chi connectivity index (χ2n) is 13.2. The summed E-state index contributed by atoms with van der Waals surface area (Å²) in [7, 11) is 0. The lowest BCUT2D eigenvalue weighted by Crippen LogP contribution is -2.16. The van der Waals surface area contributed by atoms with Gasteiger partial charge >= 0.3 is 0 Å². The van der Waals surface area contributed by atoms with Gasteiger partial charge in [0.2, 0.25) is 0 Å². The van der Waals surface area contributed by atoms with Crippen molar-refractivity contribution in [3.8, 4) is 44.5 Å². The van der Waals surface area contributed by atoms with Gasteiger partial charge in [-0.25, -0.2) is 0 Å². The van der Waals surface area contributed by atoms with Crippen LogP contribution in [0.3, 0.4) is 0 Å². The fourth-order valence-corrected chi connectivity index (χ4v) is 7.12. The Kier molecular flexibility index (Phi) is 5.41. The topological polar surface area (TPSA) is 3.24 Å². The third kappa shape index (κ3) is 5.19. The molecule has 9 rings (SSSR count). The third-order valence-electron chi connectivity index (χ3n) is 9.80. The maximum atomic E-state index is 9.42. The lowest BCUT2D eigenvalue weighted by molar-refractivity contribution is 0.660. The molecule has 0 atom stereocenters. The Morgan fingerprint density at radius 2 is 0.860 bits per heavy atom. The van der Waals surface area contributed by atoms with E-state index in [0.717, 1.165) is 38.8 Å². The molecule has 0 amide bonds. The number of benzene rings is 8. The van der Waals surface area contributed by atoms with Crippen molar-refractivity contribution in [1.29, 1.82) is 0 Å². The summed E-state index contributed by atoms with van der Waals surface area (Å²) < 4.78 is 74.4. The summed E-state index contributed by atoms with van der Waals surface area (Å²) in [6.45, 7) is 4.29. The molecule has 8 aromatic rings. The highest BCUT2D eigenvalue weighted by Crippen LogP contribution is 2.51. The maximum absolute atomic E-state index is 9.42. The summed E-state index contributed by atoms with van der Waals surface area (Å²) in [6.07, 6.45) is 0. The smallest absolute Gasteiger partial charge is 0.0645 e. The average Bonchev–Trinajstić information content (AvgIpc) is 3.47. The van der Waals surface area contributed by atoms with Crippen LogP contribution in [0.15, 0.2) is 188 Å². The molecule has 0 saturated heterocycles. The SMILES string of the molecule is [2H]c1c([2H])c(N(c2ccc3c(c2)C(C)(C)c2cc(-c4ccc5ccccc5c4)ccc2-3)c2c([2H])c([2H])c(-c3ccccc3)c([2H])c2[2H])c([2H])c([2H])c1-c1ccccc1. The van der Waals surface area contributed by atoms with Gasteiger partial charge < -0.3 is 4.90 Å². The van der Waals surface area contributed by atoms with Crippen molar-refractivity contribution in [1.82, 2.24) is 0 Å². The summed E-state index contributed by atoms with van der Waals surface area (Å²) in [4.78, 5) is 1.39. The molecule has 1 nitrogen and oxygen atoms in total. The molecule has 0 aromatic heterocycles. The molecule has 0 saturated carbocycles. The van der Waals surface area contributed by atoms with Crippen LogP contribution in [-0.4, -0.2) is 0 Å². The van der Waals surface area contributed by atoms with Gasteiger partial charge in [-0.3, -0.25) is 0 Å². The van der Waals surface area contributed by atoms with Crippen LogP contribution in [0.4, 0.5) is 17.1 Å². The van der Waals surface area contributed by atoms with Gasteiger partial charge in [-0.05, 0) is 115 Å². The van der Waals surface area contributed by atoms with E-state index in [-0.39, 0.29) is 70.8 Å². The Bertz CT molecular complexity index is 2800. The highest BCUT2D eigenvalue weighted by Gasteiger charge is 2.36. The molecule has 0 aliphatic heterocycles. The van der Waals surface area contributed by atoms with Gasteiger partial charge in [-0.1, -0.05) is 153 Å². The fourth-order valence-electron chi connectivity index (χ4n) is 7.12. The molecule has 1 aliphatic carbocycles. The Hall–Kier alpha value is -6.18. The standard InChI is InChI=1S/C49H37N/c1-49(2)47-32-41(40-18-17-36-15-9-10-16-39(36)31-40)23-29-45(47)46-30-28-44(33-48(46)49)50(42-24-19-37(20-25-42)34-11-5-3-6-12-34)43-26-21-38(22-27-43)35-13-7-4-8-14-35/h3-33H,1-2H3/i19D,20D,21D,22D,24D,25D,26D,27D. The molecule has 238 valence electrons. The summed E-state index contributed by atoms with van der Waals surface area (Å²) >= 11 is 0. The minimum Gasteiger partial charge on any atom is -0.310 e. The second kappa shape index (κ2) is 12.1. The van der Waals surface area contributed by atoms with Crippen LogP contribution in [0.25, 0.3) is 55.3 Å². The highest BCUT2D eigenvalue weighted by molar-refractivity contribution is 5.90. The Labute approximate surface area is 306 Å². The minimum atomic E-state index is -0.531. The van der Waals surface area contributed by atoms with Crippen molar-refractivity contribution in [3.63, 3.8) is 0 Å². The minimum absolute atomic E-state index is 0.131. The summed E-state index contributed by atoms with van der Waals surface area (Å²) in [5, 5.41) is 2.33. The van der Waals surface area contributed by atoms with E-state index in [2.05, 4.69) is 62.4 Å². The molecule has 0 unspecified atom stereocenters. The van der Waals surface area contributed by atoms with Crippen molar-refractivity contribution in [2.24, 2.45) is 0 Å². The molecule has 1 heteroatoms. The van der Waals surface area contributed by atoms with E-state index in [1.165, 1.54) is 10.3 Å². The molecule has 0 heterocycles. The lowest BCUT2D eigenvalue weighted by Gasteiger charge is -2.28. The van der Waals surface area contributed by atoms with Gasteiger partial charge in [0.25, 0.3) is 0 Å². The van der Waals surface area contributed by atoms with E-state index in [1.807, 2.05) is 36.4 Å². The number of anilines is 3. The molecule has 0 spiro atoms. The van der Waals surface area contributed by atoms with E-state index in [9.17, 15) is 11.0 Å². The van der Waals surface area contributed by atoms with Crippen molar-refractivity contribution in [3.05, 3.63) is 199 Å². The van der Waals surface area contributed by atoms with Crippen LogP contribution in [0.2, 0.25) is 0 Å². The van der Waals surface area contributed by atoms with Gasteiger partial charge in [0.1, 0.15) is 0 Å². The zero-order chi connectivity index (χ0) is 40.6. The summed E-state index contributed by atoms with van der Waals surface area (Å²) in [6, 6.07) is 42.0. The first-order valence-electron chi connectivity index (χ1n) is 20.8. The van der Waals surface area contributed by atoms with Crippen LogP contribution in [0, 0.1) is 0 Å². The first-order chi connectivity index (χ1) is 27.9. The predicted molar refractivity (Wildman–Crippen MR) is 213 cm³/mol. The van der Waals surface area contributed by atoms with Crippen molar-refractivity contribution < 1.29 is 11.0 Å². The summed E-state index contributed by atoms with van der Waals surface area (Å²) in [5.41, 5.74) is 7.11. The number of hydrogen-bond donors (Lipinski definition) is 0. The molecular formula is C49H37N. The molecule has 8 aromatic carbocycles. The monoisotopic (exact) mass is 647 g/mol. The van der Waals surface area contributed by atoms with Gasteiger partial charge in [-0.2, -0.15) is 0 Å². The summed E-state index contributed by atoms with van der Waals surface area (Å²) in [5.74, 6) is 0. The molecule has 0 fully saturated rings. The van der Waals surface area contributed by atoms with Crippen LogP contribution >= 0.6 is 0 Å². The largest absolute Gasteiger partial charge is 0.310 e. The molecule has 0 bridgehead atoms. The zero-order valence-corrected chi connectivity index (χ0v) is 27.7.